The van der Waals surface area contributed by atoms with Crippen LogP contribution < -0.4 is 9.47 Å². The van der Waals surface area contributed by atoms with Crippen LogP contribution in [0.4, 0.5) is 0 Å². The fourth-order valence-corrected chi connectivity index (χ4v) is 4.33. The molecule has 0 spiro atoms. The van der Waals surface area contributed by atoms with Gasteiger partial charge in [-0.25, -0.2) is 0 Å². The number of nitrogens with zero attached hydrogens (tertiary/aromatic N) is 2. The Morgan fingerprint density at radius 3 is 2.70 bits per heavy atom. The summed E-state index contributed by atoms with van der Waals surface area (Å²) >= 11 is 4.86. The molecule has 2 aromatic rings. The van der Waals surface area contributed by atoms with Gasteiger partial charge in [0.25, 0.3) is 5.91 Å². The van der Waals surface area contributed by atoms with Gasteiger partial charge in [0.05, 0.1) is 10.0 Å². The molecule has 2 aliphatic heterocycles. The van der Waals surface area contributed by atoms with Crippen molar-refractivity contribution < 1.29 is 14.3 Å². The van der Waals surface area contributed by atoms with Crippen molar-refractivity contribution in [2.45, 2.75) is 6.92 Å². The van der Waals surface area contributed by atoms with Gasteiger partial charge in [-0.15, -0.1) is 0 Å². The minimum absolute atomic E-state index is 0.137. The van der Waals surface area contributed by atoms with Crippen molar-refractivity contribution in [2.24, 2.45) is 4.99 Å². The molecule has 0 saturated heterocycles. The molecule has 0 atom stereocenters. The average molecular weight is 484 g/mol. The summed E-state index contributed by atoms with van der Waals surface area (Å²) in [4.78, 5) is 18.2. The van der Waals surface area contributed by atoms with Crippen molar-refractivity contribution in [3.63, 3.8) is 0 Å². The van der Waals surface area contributed by atoms with Crippen LogP contribution in [-0.2, 0) is 4.79 Å². The van der Waals surface area contributed by atoms with Crippen molar-refractivity contribution in [1.82, 2.24) is 4.90 Å². The van der Waals surface area contributed by atoms with Crippen LogP contribution in [0.3, 0.4) is 0 Å². The second-order valence-electron chi connectivity index (χ2n) is 6.52. The summed E-state index contributed by atoms with van der Waals surface area (Å²) in [7, 11) is 0. The van der Waals surface area contributed by atoms with E-state index in [1.807, 2.05) is 60.9 Å². The highest BCUT2D eigenvalue weighted by Gasteiger charge is 2.33. The monoisotopic (exact) mass is 483 g/mol. The zero-order valence-electron chi connectivity index (χ0n) is 16.1. The van der Waals surface area contributed by atoms with E-state index in [1.165, 1.54) is 11.8 Å². The molecule has 0 aromatic heterocycles. The summed E-state index contributed by atoms with van der Waals surface area (Å²) in [5, 5.41) is 10.8. The molecule has 8 heteroatoms. The number of nitrogens with one attached hydrogen (secondary N) is 1. The molecule has 0 fully saturated rings. The second kappa shape index (κ2) is 8.89. The molecule has 1 amide bonds. The van der Waals surface area contributed by atoms with Crippen molar-refractivity contribution >= 4 is 50.7 Å². The number of carbonyl (C=O) groups is 1. The fraction of sp³-hybridized carbons (Fsp3) is 0.136. The van der Waals surface area contributed by atoms with E-state index >= 15 is 0 Å². The lowest BCUT2D eigenvalue weighted by molar-refractivity contribution is -0.114. The number of amidine groups is 2. The number of amides is 1. The van der Waals surface area contributed by atoms with Gasteiger partial charge in [0.15, 0.2) is 5.17 Å². The molecular formula is C22H18BrN3O3S. The van der Waals surface area contributed by atoms with Crippen molar-refractivity contribution in [2.75, 3.05) is 13.2 Å². The van der Waals surface area contributed by atoms with Gasteiger partial charge in [-0.2, -0.15) is 4.99 Å². The Kier molecular flexibility index (Phi) is 6.06. The number of allylic oxidation sites excluding steroid dienone is 1. The van der Waals surface area contributed by atoms with E-state index < -0.39 is 5.91 Å². The Morgan fingerprint density at radius 1 is 1.17 bits per heavy atom. The molecule has 0 radical (unpaired) electrons. The predicted molar refractivity (Wildman–Crippen MR) is 123 cm³/mol. The molecule has 1 N–H and O–H groups in total. The Bertz CT molecular complexity index is 1100. The first-order valence-corrected chi connectivity index (χ1v) is 10.9. The average Bonchev–Trinajstić information content (AvgIpc) is 3.11. The van der Waals surface area contributed by atoms with E-state index in [2.05, 4.69) is 20.9 Å². The van der Waals surface area contributed by atoms with E-state index in [0.29, 0.717) is 24.1 Å². The number of aliphatic imine (C=N–C) groups is 1. The van der Waals surface area contributed by atoms with Crippen LogP contribution in [0.1, 0.15) is 12.5 Å². The van der Waals surface area contributed by atoms with Crippen LogP contribution in [-0.4, -0.2) is 35.0 Å². The van der Waals surface area contributed by atoms with Crippen LogP contribution in [0.2, 0.25) is 0 Å². The van der Waals surface area contributed by atoms with Gasteiger partial charge < -0.3 is 9.47 Å². The highest BCUT2D eigenvalue weighted by molar-refractivity contribution is 9.10. The van der Waals surface area contributed by atoms with Gasteiger partial charge in [-0.05, 0) is 64.2 Å². The molecule has 30 heavy (non-hydrogen) atoms. The predicted octanol–water partition coefficient (Wildman–Crippen LogP) is 5.07. The van der Waals surface area contributed by atoms with Gasteiger partial charge in [-0.3, -0.25) is 15.1 Å². The summed E-state index contributed by atoms with van der Waals surface area (Å²) < 4.78 is 12.2. The molecular weight excluding hydrogens is 466 g/mol. The highest BCUT2D eigenvalue weighted by atomic mass is 79.9. The molecule has 2 aliphatic rings. The quantitative estimate of drug-likeness (QED) is 0.458. The first kappa shape index (κ1) is 20.4. The molecule has 0 unspecified atom stereocenters. The zero-order valence-corrected chi connectivity index (χ0v) is 18.5. The molecule has 0 bridgehead atoms. The number of hydrogen-bond donors (Lipinski definition) is 1. The number of benzene rings is 2. The van der Waals surface area contributed by atoms with Crippen LogP contribution in [0.5, 0.6) is 11.5 Å². The van der Waals surface area contributed by atoms with E-state index in [4.69, 9.17) is 14.9 Å². The summed E-state index contributed by atoms with van der Waals surface area (Å²) in [5.74, 6) is 1.21. The third-order valence-corrected chi connectivity index (χ3v) is 5.97. The number of thioether (sulfide) groups is 1. The molecule has 0 aliphatic carbocycles. The fourth-order valence-electron chi connectivity index (χ4n) is 2.96. The third kappa shape index (κ3) is 4.34. The van der Waals surface area contributed by atoms with E-state index in [9.17, 15) is 4.79 Å². The van der Waals surface area contributed by atoms with Crippen LogP contribution in [0.15, 0.2) is 74.7 Å². The summed E-state index contributed by atoms with van der Waals surface area (Å²) in [6.45, 7) is 2.71. The smallest absolute Gasteiger partial charge is 0.283 e. The minimum Gasteiger partial charge on any atom is -0.490 e. The van der Waals surface area contributed by atoms with Gasteiger partial charge >= 0.3 is 0 Å². The number of para-hydroxylation sites is 1. The first-order valence-electron chi connectivity index (χ1n) is 9.20. The van der Waals surface area contributed by atoms with Crippen LogP contribution >= 0.6 is 27.7 Å². The maximum absolute atomic E-state index is 12.4. The maximum Gasteiger partial charge on any atom is 0.283 e. The number of ether oxygens (including phenoxy) is 2. The summed E-state index contributed by atoms with van der Waals surface area (Å²) in [6.07, 6.45) is 1.67. The topological polar surface area (TPSA) is 75.0 Å². The van der Waals surface area contributed by atoms with E-state index in [-0.39, 0.29) is 11.4 Å². The lowest BCUT2D eigenvalue weighted by atomic mass is 10.1. The van der Waals surface area contributed by atoms with Crippen molar-refractivity contribution in [3.8, 4) is 11.5 Å². The Morgan fingerprint density at radius 2 is 1.93 bits per heavy atom. The Hall–Kier alpha value is -2.84. The number of halogens is 1. The highest BCUT2D eigenvalue weighted by Crippen LogP contribution is 2.32. The van der Waals surface area contributed by atoms with Gasteiger partial charge in [-0.1, -0.05) is 36.0 Å². The number of rotatable bonds is 6. The van der Waals surface area contributed by atoms with E-state index in [1.54, 1.807) is 11.0 Å². The van der Waals surface area contributed by atoms with Crippen LogP contribution in [0, 0.1) is 5.41 Å². The molecule has 152 valence electrons. The lowest BCUT2D eigenvalue weighted by Crippen LogP contribution is -2.37. The van der Waals surface area contributed by atoms with Gasteiger partial charge in [0.1, 0.15) is 30.5 Å². The molecule has 4 rings (SSSR count). The molecule has 2 heterocycles. The third-order valence-electron chi connectivity index (χ3n) is 4.40. The minimum atomic E-state index is -0.406. The number of fused-ring (bicyclic) bond motifs is 1. The normalized spacial score (nSPS) is 17.0. The maximum atomic E-state index is 12.4. The Labute approximate surface area is 186 Å². The number of carbonyl (C=O) groups excluding carboxylic acids is 1. The standard InChI is InChI=1S/C22H18BrN3O3S/c1-14-13-30-22-25-21(27)17(20(24)26(14)22)11-15-7-8-19(18(23)12-15)29-10-9-28-16-5-3-2-4-6-16/h2-8,11-13,24H,9-10H2,1H3/b17-11-,24-20?. The first-order chi connectivity index (χ1) is 14.5. The van der Waals surface area contributed by atoms with Crippen molar-refractivity contribution in [3.05, 3.63) is 75.2 Å². The SMILES string of the molecule is CC1=CSC2=NC(=O)/C(=C\c3ccc(OCCOc4ccccc4)c(Br)c3)C(=N)N12. The zero-order chi connectivity index (χ0) is 21.1. The summed E-state index contributed by atoms with van der Waals surface area (Å²) in [6, 6.07) is 15.1. The summed E-state index contributed by atoms with van der Waals surface area (Å²) in [5.41, 5.74) is 1.91. The van der Waals surface area contributed by atoms with E-state index in [0.717, 1.165) is 21.5 Å². The Balaban J connectivity index is 1.42. The second-order valence-corrected chi connectivity index (χ2v) is 8.21. The van der Waals surface area contributed by atoms with Crippen molar-refractivity contribution in [1.29, 1.82) is 5.41 Å². The molecule has 6 nitrogen and oxygen atoms in total. The lowest BCUT2D eigenvalue weighted by Gasteiger charge is -2.25. The molecule has 2 aromatic carbocycles. The molecule has 0 saturated carbocycles. The van der Waals surface area contributed by atoms with Crippen LogP contribution in [0.25, 0.3) is 6.08 Å². The largest absolute Gasteiger partial charge is 0.490 e. The number of hydrogen-bond acceptors (Lipinski definition) is 5. The van der Waals surface area contributed by atoms with Gasteiger partial charge in [0.2, 0.25) is 0 Å². The van der Waals surface area contributed by atoms with Gasteiger partial charge in [0, 0.05) is 5.70 Å².